The summed E-state index contributed by atoms with van der Waals surface area (Å²) in [7, 11) is 0. The van der Waals surface area contributed by atoms with Gasteiger partial charge in [0, 0.05) is 12.1 Å². The standard InChI is InChI=1S/C15H23NO/c1-3-7-13(4-2)10-11-16-12-14-8-5-6-9-15(14)17/h3,5-6,8-9,13,16-17H,1,4,7,10-12H2,2H3. The number of aromatic hydroxyl groups is 1. The third kappa shape index (κ3) is 5.05. The Labute approximate surface area is 104 Å². The first kappa shape index (κ1) is 13.8. The van der Waals surface area contributed by atoms with Crippen LogP contribution < -0.4 is 5.32 Å². The number of allylic oxidation sites excluding steroid dienone is 1. The second kappa shape index (κ2) is 7.91. The molecule has 0 saturated carbocycles. The van der Waals surface area contributed by atoms with Crippen molar-refractivity contribution >= 4 is 0 Å². The molecule has 0 amide bonds. The van der Waals surface area contributed by atoms with Gasteiger partial charge in [-0.2, -0.15) is 0 Å². The van der Waals surface area contributed by atoms with E-state index in [0.717, 1.165) is 37.4 Å². The van der Waals surface area contributed by atoms with Gasteiger partial charge in [-0.25, -0.2) is 0 Å². The number of hydrogen-bond donors (Lipinski definition) is 2. The molecule has 2 heteroatoms. The number of rotatable bonds is 8. The van der Waals surface area contributed by atoms with Crippen molar-refractivity contribution in [2.45, 2.75) is 32.7 Å². The van der Waals surface area contributed by atoms with Gasteiger partial charge in [-0.15, -0.1) is 6.58 Å². The predicted octanol–water partition coefficient (Wildman–Crippen LogP) is 3.47. The SMILES string of the molecule is C=CCC(CC)CCNCc1ccccc1O. The van der Waals surface area contributed by atoms with Crippen molar-refractivity contribution in [2.75, 3.05) is 6.54 Å². The molecule has 1 aromatic carbocycles. The minimum Gasteiger partial charge on any atom is -0.508 e. The van der Waals surface area contributed by atoms with Crippen LogP contribution in [-0.4, -0.2) is 11.7 Å². The Hall–Kier alpha value is -1.28. The van der Waals surface area contributed by atoms with Crippen molar-refractivity contribution in [3.8, 4) is 5.75 Å². The fourth-order valence-corrected chi connectivity index (χ4v) is 1.91. The lowest BCUT2D eigenvalue weighted by molar-refractivity contribution is 0.445. The van der Waals surface area contributed by atoms with Crippen LogP contribution in [0.5, 0.6) is 5.75 Å². The molecule has 1 unspecified atom stereocenters. The maximum Gasteiger partial charge on any atom is 0.120 e. The van der Waals surface area contributed by atoms with Crippen molar-refractivity contribution < 1.29 is 5.11 Å². The molecule has 1 aromatic rings. The third-order valence-electron chi connectivity index (χ3n) is 3.11. The van der Waals surface area contributed by atoms with E-state index in [1.807, 2.05) is 24.3 Å². The number of hydrogen-bond acceptors (Lipinski definition) is 2. The molecule has 0 aliphatic heterocycles. The molecule has 0 aliphatic rings. The number of nitrogens with one attached hydrogen (secondary N) is 1. The van der Waals surface area contributed by atoms with E-state index in [4.69, 9.17) is 0 Å². The molecule has 0 spiro atoms. The van der Waals surface area contributed by atoms with E-state index in [9.17, 15) is 5.11 Å². The summed E-state index contributed by atoms with van der Waals surface area (Å²) in [5.74, 6) is 1.10. The van der Waals surface area contributed by atoms with E-state index < -0.39 is 0 Å². The highest BCUT2D eigenvalue weighted by Gasteiger charge is 2.04. The zero-order valence-corrected chi connectivity index (χ0v) is 10.7. The van der Waals surface area contributed by atoms with Gasteiger partial charge in [0.1, 0.15) is 5.75 Å². The second-order valence-electron chi connectivity index (χ2n) is 4.39. The second-order valence-corrected chi connectivity index (χ2v) is 4.39. The summed E-state index contributed by atoms with van der Waals surface area (Å²) in [5, 5.41) is 13.0. The number of phenols is 1. The zero-order valence-electron chi connectivity index (χ0n) is 10.7. The minimum atomic E-state index is 0.373. The molecule has 2 N–H and O–H groups in total. The number of para-hydroxylation sites is 1. The summed E-state index contributed by atoms with van der Waals surface area (Å²) in [6.07, 6.45) is 5.45. The lowest BCUT2D eigenvalue weighted by atomic mass is 9.98. The molecule has 0 aromatic heterocycles. The maximum absolute atomic E-state index is 9.60. The van der Waals surface area contributed by atoms with Gasteiger partial charge in [-0.1, -0.05) is 37.6 Å². The van der Waals surface area contributed by atoms with Gasteiger partial charge in [-0.3, -0.25) is 0 Å². The van der Waals surface area contributed by atoms with Gasteiger partial charge in [0.05, 0.1) is 0 Å². The summed E-state index contributed by atoms with van der Waals surface area (Å²) < 4.78 is 0. The number of benzene rings is 1. The van der Waals surface area contributed by atoms with E-state index in [0.29, 0.717) is 5.75 Å². The van der Waals surface area contributed by atoms with E-state index in [1.54, 1.807) is 6.07 Å². The average Bonchev–Trinajstić information content (AvgIpc) is 2.35. The Kier molecular flexibility index (Phi) is 6.41. The highest BCUT2D eigenvalue weighted by Crippen LogP contribution is 2.15. The van der Waals surface area contributed by atoms with Gasteiger partial charge in [0.2, 0.25) is 0 Å². The molecule has 1 atom stereocenters. The Morgan fingerprint density at radius 2 is 2.18 bits per heavy atom. The van der Waals surface area contributed by atoms with Gasteiger partial charge in [0.25, 0.3) is 0 Å². The molecular formula is C15H23NO. The van der Waals surface area contributed by atoms with Crippen LogP contribution in [0.3, 0.4) is 0 Å². The highest BCUT2D eigenvalue weighted by atomic mass is 16.3. The molecule has 0 radical (unpaired) electrons. The summed E-state index contributed by atoms with van der Waals surface area (Å²) >= 11 is 0. The Bertz CT molecular complexity index is 335. The largest absolute Gasteiger partial charge is 0.508 e. The van der Waals surface area contributed by atoms with Crippen molar-refractivity contribution in [3.05, 3.63) is 42.5 Å². The molecular weight excluding hydrogens is 210 g/mol. The van der Waals surface area contributed by atoms with Gasteiger partial charge in [0.15, 0.2) is 0 Å². The maximum atomic E-state index is 9.60. The van der Waals surface area contributed by atoms with Gasteiger partial charge in [-0.05, 0) is 31.4 Å². The molecule has 2 nitrogen and oxygen atoms in total. The van der Waals surface area contributed by atoms with Crippen LogP contribution in [0.1, 0.15) is 31.7 Å². The topological polar surface area (TPSA) is 32.3 Å². The molecule has 0 fully saturated rings. The van der Waals surface area contributed by atoms with Crippen molar-refractivity contribution in [2.24, 2.45) is 5.92 Å². The first-order valence-corrected chi connectivity index (χ1v) is 6.36. The van der Waals surface area contributed by atoms with Crippen molar-refractivity contribution in [1.82, 2.24) is 5.32 Å². The summed E-state index contributed by atoms with van der Waals surface area (Å²) in [5.41, 5.74) is 0.962. The van der Waals surface area contributed by atoms with Crippen LogP contribution in [0.4, 0.5) is 0 Å². The highest BCUT2D eigenvalue weighted by molar-refractivity contribution is 5.31. The summed E-state index contributed by atoms with van der Waals surface area (Å²) in [6, 6.07) is 7.46. The first-order valence-electron chi connectivity index (χ1n) is 6.36. The molecule has 0 bridgehead atoms. The van der Waals surface area contributed by atoms with Crippen molar-refractivity contribution in [1.29, 1.82) is 0 Å². The third-order valence-corrected chi connectivity index (χ3v) is 3.11. The lowest BCUT2D eigenvalue weighted by Crippen LogP contribution is -2.17. The normalized spacial score (nSPS) is 12.3. The van der Waals surface area contributed by atoms with Gasteiger partial charge < -0.3 is 10.4 Å². The first-order chi connectivity index (χ1) is 8.27. The van der Waals surface area contributed by atoms with E-state index >= 15 is 0 Å². The lowest BCUT2D eigenvalue weighted by Gasteiger charge is -2.13. The predicted molar refractivity (Wildman–Crippen MR) is 73.0 cm³/mol. The minimum absolute atomic E-state index is 0.373. The molecule has 1 rings (SSSR count). The van der Waals surface area contributed by atoms with Crippen LogP contribution in [0.15, 0.2) is 36.9 Å². The van der Waals surface area contributed by atoms with E-state index in [1.165, 1.54) is 6.42 Å². The Morgan fingerprint density at radius 3 is 2.82 bits per heavy atom. The molecule has 0 saturated heterocycles. The average molecular weight is 233 g/mol. The summed E-state index contributed by atoms with van der Waals surface area (Å²) in [4.78, 5) is 0. The quantitative estimate of drug-likeness (QED) is 0.532. The fraction of sp³-hybridized carbons (Fsp3) is 0.467. The fourth-order valence-electron chi connectivity index (χ4n) is 1.91. The van der Waals surface area contributed by atoms with Crippen LogP contribution in [0.25, 0.3) is 0 Å². The smallest absolute Gasteiger partial charge is 0.120 e. The van der Waals surface area contributed by atoms with Crippen LogP contribution in [0.2, 0.25) is 0 Å². The molecule has 0 aliphatic carbocycles. The van der Waals surface area contributed by atoms with Gasteiger partial charge >= 0.3 is 0 Å². The molecule has 17 heavy (non-hydrogen) atoms. The molecule has 0 heterocycles. The zero-order chi connectivity index (χ0) is 12.5. The summed E-state index contributed by atoms with van der Waals surface area (Å²) in [6.45, 7) is 7.72. The van der Waals surface area contributed by atoms with Crippen LogP contribution in [0, 0.1) is 5.92 Å². The number of phenolic OH excluding ortho intramolecular Hbond substituents is 1. The molecule has 94 valence electrons. The van der Waals surface area contributed by atoms with E-state index in [2.05, 4.69) is 18.8 Å². The van der Waals surface area contributed by atoms with Crippen LogP contribution >= 0.6 is 0 Å². The monoisotopic (exact) mass is 233 g/mol. The Morgan fingerprint density at radius 1 is 1.41 bits per heavy atom. The van der Waals surface area contributed by atoms with Crippen LogP contribution in [-0.2, 0) is 6.54 Å². The Balaban J connectivity index is 2.24. The van der Waals surface area contributed by atoms with Crippen molar-refractivity contribution in [3.63, 3.8) is 0 Å². The van der Waals surface area contributed by atoms with E-state index in [-0.39, 0.29) is 0 Å².